The van der Waals surface area contributed by atoms with Crippen molar-refractivity contribution in [2.24, 2.45) is 0 Å². The van der Waals surface area contributed by atoms with E-state index >= 15 is 0 Å². The molecule has 0 saturated heterocycles. The molecule has 0 unspecified atom stereocenters. The molecule has 4 nitrogen and oxygen atoms in total. The van der Waals surface area contributed by atoms with E-state index in [9.17, 15) is 0 Å². The molecule has 0 spiro atoms. The highest BCUT2D eigenvalue weighted by Crippen LogP contribution is 2.24. The van der Waals surface area contributed by atoms with E-state index in [0.717, 1.165) is 11.4 Å². The highest BCUT2D eigenvalue weighted by molar-refractivity contribution is 7.80. The molecule has 0 bridgehead atoms. The van der Waals surface area contributed by atoms with E-state index in [1.807, 2.05) is 12.1 Å². The first-order chi connectivity index (χ1) is 9.75. The number of nitrogens with one attached hydrogen (secondary N) is 2. The monoisotopic (exact) mass is 303 g/mol. The summed E-state index contributed by atoms with van der Waals surface area (Å²) < 4.78 is 5.32. The van der Waals surface area contributed by atoms with Crippen molar-refractivity contribution in [3.05, 3.63) is 41.2 Å². The predicted octanol–water partition coefficient (Wildman–Crippen LogP) is 4.40. The van der Waals surface area contributed by atoms with Crippen LogP contribution in [0.2, 0.25) is 0 Å². The van der Waals surface area contributed by atoms with Crippen LogP contribution in [0.15, 0.2) is 28.8 Å². The summed E-state index contributed by atoms with van der Waals surface area (Å²) in [6, 6.07) is 7.99. The molecule has 0 saturated carbocycles. The van der Waals surface area contributed by atoms with Gasteiger partial charge in [-0.2, -0.15) is 0 Å². The second-order valence-corrected chi connectivity index (χ2v) is 6.61. The van der Waals surface area contributed by atoms with Gasteiger partial charge >= 0.3 is 0 Å². The molecule has 1 heterocycles. The molecule has 0 aliphatic carbocycles. The Balaban J connectivity index is 2.01. The normalized spacial score (nSPS) is 11.3. The van der Waals surface area contributed by atoms with Gasteiger partial charge in [0.2, 0.25) is 0 Å². The average molecular weight is 303 g/mol. The number of aromatic nitrogens is 1. The topological polar surface area (TPSA) is 50.1 Å². The molecule has 0 amide bonds. The lowest BCUT2D eigenvalue weighted by Crippen LogP contribution is -2.19. The van der Waals surface area contributed by atoms with E-state index in [1.54, 1.807) is 0 Å². The first-order valence-corrected chi connectivity index (χ1v) is 7.29. The Labute approximate surface area is 130 Å². The van der Waals surface area contributed by atoms with Gasteiger partial charge in [-0.15, -0.1) is 0 Å². The molecular weight excluding hydrogens is 282 g/mol. The fourth-order valence-corrected chi connectivity index (χ4v) is 2.01. The first kappa shape index (κ1) is 15.5. The summed E-state index contributed by atoms with van der Waals surface area (Å²) in [4.78, 5) is 0. The van der Waals surface area contributed by atoms with Crippen LogP contribution < -0.4 is 10.6 Å². The van der Waals surface area contributed by atoms with Crippen LogP contribution in [0.4, 0.5) is 11.5 Å². The Morgan fingerprint density at radius 3 is 2.38 bits per heavy atom. The lowest BCUT2D eigenvalue weighted by molar-refractivity contribution is 0.331. The summed E-state index contributed by atoms with van der Waals surface area (Å²) in [6.45, 7) is 10.4. The highest BCUT2D eigenvalue weighted by atomic mass is 32.1. The molecule has 0 aliphatic rings. The molecule has 0 atom stereocenters. The average Bonchev–Trinajstić information content (AvgIpc) is 2.82. The molecule has 21 heavy (non-hydrogen) atoms. The van der Waals surface area contributed by atoms with Gasteiger partial charge in [-0.1, -0.05) is 32.0 Å². The molecule has 2 N–H and O–H groups in total. The minimum absolute atomic E-state index is 0.0734. The summed E-state index contributed by atoms with van der Waals surface area (Å²) in [5, 5.41) is 10.7. The van der Waals surface area contributed by atoms with Gasteiger partial charge in [-0.25, -0.2) is 0 Å². The van der Waals surface area contributed by atoms with E-state index in [4.69, 9.17) is 16.7 Å². The second kappa shape index (κ2) is 5.85. The van der Waals surface area contributed by atoms with Gasteiger partial charge < -0.3 is 15.2 Å². The van der Waals surface area contributed by atoms with Crippen molar-refractivity contribution in [2.45, 2.75) is 40.0 Å². The summed E-state index contributed by atoms with van der Waals surface area (Å²) >= 11 is 5.29. The van der Waals surface area contributed by atoms with Gasteiger partial charge in [0, 0.05) is 17.2 Å². The van der Waals surface area contributed by atoms with Crippen LogP contribution in [-0.4, -0.2) is 10.3 Å². The number of nitrogens with zero attached hydrogens (tertiary/aromatic N) is 1. The summed E-state index contributed by atoms with van der Waals surface area (Å²) in [5.41, 5.74) is 3.36. The van der Waals surface area contributed by atoms with Crippen LogP contribution >= 0.6 is 12.2 Å². The number of hydrogen-bond donors (Lipinski definition) is 2. The van der Waals surface area contributed by atoms with Crippen molar-refractivity contribution in [1.29, 1.82) is 0 Å². The summed E-state index contributed by atoms with van der Waals surface area (Å²) in [6.07, 6.45) is 0. The SMILES string of the molecule is Cc1ccc(NC(=S)Nc2cc(C(C)(C)C)on2)cc1C. The molecule has 5 heteroatoms. The van der Waals surface area contributed by atoms with Crippen molar-refractivity contribution in [2.75, 3.05) is 10.6 Å². The fraction of sp³-hybridized carbons (Fsp3) is 0.375. The number of thiocarbonyl (C=S) groups is 1. The Hall–Kier alpha value is -1.88. The molecule has 0 aliphatic heterocycles. The maximum Gasteiger partial charge on any atom is 0.176 e. The van der Waals surface area contributed by atoms with Gasteiger partial charge in [0.25, 0.3) is 0 Å². The van der Waals surface area contributed by atoms with Crippen molar-refractivity contribution >= 4 is 28.8 Å². The van der Waals surface area contributed by atoms with E-state index in [0.29, 0.717) is 10.9 Å². The van der Waals surface area contributed by atoms with Crippen LogP contribution in [0, 0.1) is 13.8 Å². The Morgan fingerprint density at radius 1 is 1.10 bits per heavy atom. The van der Waals surface area contributed by atoms with Crippen LogP contribution in [0.1, 0.15) is 37.7 Å². The Morgan fingerprint density at radius 2 is 1.81 bits per heavy atom. The van der Waals surface area contributed by atoms with Crippen LogP contribution in [0.3, 0.4) is 0 Å². The van der Waals surface area contributed by atoms with Gasteiger partial charge in [-0.3, -0.25) is 0 Å². The largest absolute Gasteiger partial charge is 0.359 e. The standard InChI is InChI=1S/C16H21N3OS/c1-10-6-7-12(8-11(10)2)17-15(21)18-14-9-13(20-19-14)16(3,4)5/h6-9H,1-5H3,(H2,17,18,19,21). The predicted molar refractivity (Wildman–Crippen MR) is 91.0 cm³/mol. The smallest absolute Gasteiger partial charge is 0.176 e. The molecule has 2 aromatic rings. The van der Waals surface area contributed by atoms with Crippen LogP contribution in [0.25, 0.3) is 0 Å². The third-order valence-corrected chi connectivity index (χ3v) is 3.46. The molecular formula is C16H21N3OS. The van der Waals surface area contributed by atoms with Gasteiger partial charge in [0.05, 0.1) is 0 Å². The van der Waals surface area contributed by atoms with Crippen LogP contribution in [-0.2, 0) is 5.41 Å². The second-order valence-electron chi connectivity index (χ2n) is 6.20. The van der Waals surface area contributed by atoms with E-state index < -0.39 is 0 Å². The third kappa shape index (κ3) is 4.04. The quantitative estimate of drug-likeness (QED) is 0.805. The van der Waals surface area contributed by atoms with Crippen molar-refractivity contribution in [3.8, 4) is 0 Å². The zero-order valence-electron chi connectivity index (χ0n) is 13.1. The van der Waals surface area contributed by atoms with Crippen LogP contribution in [0.5, 0.6) is 0 Å². The maximum absolute atomic E-state index is 5.32. The lowest BCUT2D eigenvalue weighted by Gasteiger charge is -2.12. The minimum Gasteiger partial charge on any atom is -0.359 e. The van der Waals surface area contributed by atoms with Gasteiger partial charge in [0.15, 0.2) is 10.9 Å². The minimum atomic E-state index is -0.0734. The van der Waals surface area contributed by atoms with Crippen molar-refractivity contribution in [1.82, 2.24) is 5.16 Å². The molecule has 1 aromatic heterocycles. The Kier molecular flexibility index (Phi) is 4.32. The molecule has 0 radical (unpaired) electrons. The van der Waals surface area contributed by atoms with E-state index in [2.05, 4.69) is 62.5 Å². The molecule has 2 rings (SSSR count). The Bertz CT molecular complexity index is 656. The molecule has 112 valence electrons. The maximum atomic E-state index is 5.32. The zero-order valence-corrected chi connectivity index (χ0v) is 13.9. The van der Waals surface area contributed by atoms with E-state index in [-0.39, 0.29) is 5.41 Å². The van der Waals surface area contributed by atoms with Crippen molar-refractivity contribution < 1.29 is 4.52 Å². The first-order valence-electron chi connectivity index (χ1n) is 6.88. The third-order valence-electron chi connectivity index (χ3n) is 3.26. The van der Waals surface area contributed by atoms with E-state index in [1.165, 1.54) is 11.1 Å². The summed E-state index contributed by atoms with van der Waals surface area (Å²) in [7, 11) is 0. The highest BCUT2D eigenvalue weighted by Gasteiger charge is 2.19. The van der Waals surface area contributed by atoms with Gasteiger partial charge in [-0.05, 0) is 49.3 Å². The number of benzene rings is 1. The fourth-order valence-electron chi connectivity index (χ4n) is 1.79. The number of aryl methyl sites for hydroxylation is 2. The van der Waals surface area contributed by atoms with Crippen molar-refractivity contribution in [3.63, 3.8) is 0 Å². The number of hydrogen-bond acceptors (Lipinski definition) is 3. The number of anilines is 2. The van der Waals surface area contributed by atoms with Gasteiger partial charge in [0.1, 0.15) is 5.76 Å². The zero-order chi connectivity index (χ0) is 15.6. The number of rotatable bonds is 2. The molecule has 1 aromatic carbocycles. The summed E-state index contributed by atoms with van der Waals surface area (Å²) in [5.74, 6) is 1.43. The molecule has 0 fully saturated rings. The lowest BCUT2D eigenvalue weighted by atomic mass is 9.93.